The van der Waals surface area contributed by atoms with E-state index in [0.717, 1.165) is 6.42 Å². The third kappa shape index (κ3) is 5.36. The number of rotatable bonds is 8. The largest absolute Gasteiger partial charge is 0.354 e. The summed E-state index contributed by atoms with van der Waals surface area (Å²) in [5.41, 5.74) is 4.24. The lowest BCUT2D eigenvalue weighted by atomic mass is 10.1. The fraction of sp³-hybridized carbons (Fsp3) is 0.409. The molecule has 0 fully saturated rings. The van der Waals surface area contributed by atoms with Gasteiger partial charge >= 0.3 is 0 Å². The minimum Gasteiger partial charge on any atom is -0.354 e. The molecule has 2 aromatic carbocycles. The van der Waals surface area contributed by atoms with Gasteiger partial charge in [0.2, 0.25) is 5.91 Å². The zero-order valence-electron chi connectivity index (χ0n) is 15.7. The Bertz CT molecular complexity index is 730. The van der Waals surface area contributed by atoms with Gasteiger partial charge in [-0.1, -0.05) is 36.4 Å². The van der Waals surface area contributed by atoms with E-state index in [1.54, 1.807) is 11.8 Å². The van der Waals surface area contributed by atoms with E-state index >= 15 is 0 Å². The molecule has 0 spiro atoms. The molecule has 0 radical (unpaired) electrons. The Labute approximate surface area is 161 Å². The second-order valence-corrected chi connectivity index (χ2v) is 8.23. The van der Waals surface area contributed by atoms with E-state index < -0.39 is 0 Å². The Morgan fingerprint density at radius 2 is 1.88 bits per heavy atom. The first-order valence-electron chi connectivity index (χ1n) is 9.33. The Morgan fingerprint density at radius 1 is 1.12 bits per heavy atom. The van der Waals surface area contributed by atoms with Crippen LogP contribution in [0.2, 0.25) is 0 Å². The summed E-state index contributed by atoms with van der Waals surface area (Å²) in [7, 11) is 4.14. The Morgan fingerprint density at radius 3 is 2.65 bits per heavy atom. The minimum absolute atomic E-state index is 0.107. The van der Waals surface area contributed by atoms with Gasteiger partial charge in [0, 0.05) is 17.5 Å². The van der Waals surface area contributed by atoms with Crippen molar-refractivity contribution in [3.8, 4) is 0 Å². The van der Waals surface area contributed by atoms with Gasteiger partial charge in [-0.3, -0.25) is 4.79 Å². The Hall–Kier alpha value is -1.78. The van der Waals surface area contributed by atoms with Crippen molar-refractivity contribution < 1.29 is 4.79 Å². The fourth-order valence-corrected chi connectivity index (χ4v) is 4.18. The molecular formula is C22H28N2OS. The first kappa shape index (κ1) is 19.0. The maximum Gasteiger partial charge on any atom is 0.230 e. The third-order valence-corrected chi connectivity index (χ3v) is 6.01. The lowest BCUT2D eigenvalue weighted by Gasteiger charge is -2.24. The summed E-state index contributed by atoms with van der Waals surface area (Å²) in [5.74, 6) is 0.583. The standard InChI is InChI=1S/C22H28N2OS/c1-24(2)20(13-17-7-4-3-5-8-17)15-23-22(25)16-26-21-12-11-18-9-6-10-19(18)14-21/h3-5,7-8,11-12,14,20H,6,9-10,13,15-16H2,1-2H3,(H,23,25). The monoisotopic (exact) mass is 368 g/mol. The summed E-state index contributed by atoms with van der Waals surface area (Å²) in [5, 5.41) is 3.11. The highest BCUT2D eigenvalue weighted by Gasteiger charge is 2.15. The van der Waals surface area contributed by atoms with Crippen LogP contribution in [0.1, 0.15) is 23.1 Å². The molecule has 3 rings (SSSR count). The van der Waals surface area contributed by atoms with Gasteiger partial charge in [-0.25, -0.2) is 0 Å². The smallest absolute Gasteiger partial charge is 0.230 e. The highest BCUT2D eigenvalue weighted by molar-refractivity contribution is 8.00. The van der Waals surface area contributed by atoms with Crippen LogP contribution in [-0.4, -0.2) is 43.2 Å². The van der Waals surface area contributed by atoms with Crippen LogP contribution in [0.5, 0.6) is 0 Å². The van der Waals surface area contributed by atoms with Gasteiger partial charge in [0.15, 0.2) is 0 Å². The van der Waals surface area contributed by atoms with E-state index in [4.69, 9.17) is 0 Å². The zero-order valence-corrected chi connectivity index (χ0v) is 16.5. The highest BCUT2D eigenvalue weighted by Crippen LogP contribution is 2.27. The van der Waals surface area contributed by atoms with Gasteiger partial charge in [0.25, 0.3) is 0 Å². The quantitative estimate of drug-likeness (QED) is 0.723. The molecule has 0 aliphatic heterocycles. The number of thioether (sulfide) groups is 1. The number of nitrogens with zero attached hydrogens (tertiary/aromatic N) is 1. The Balaban J connectivity index is 1.46. The second kappa shape index (κ2) is 9.24. The number of hydrogen-bond acceptors (Lipinski definition) is 3. The molecule has 1 aliphatic carbocycles. The van der Waals surface area contributed by atoms with Crippen LogP contribution in [0.25, 0.3) is 0 Å². The second-order valence-electron chi connectivity index (χ2n) is 7.18. The topological polar surface area (TPSA) is 32.3 Å². The predicted octanol–water partition coefficient (Wildman–Crippen LogP) is 3.56. The zero-order chi connectivity index (χ0) is 18.4. The summed E-state index contributed by atoms with van der Waals surface area (Å²) in [6, 6.07) is 17.4. The number of carbonyl (C=O) groups excluding carboxylic acids is 1. The van der Waals surface area contributed by atoms with E-state index in [2.05, 4.69) is 66.8 Å². The molecule has 1 amide bonds. The van der Waals surface area contributed by atoms with Gasteiger partial charge in [-0.2, -0.15) is 0 Å². The summed E-state index contributed by atoms with van der Waals surface area (Å²) in [4.78, 5) is 15.7. The summed E-state index contributed by atoms with van der Waals surface area (Å²) >= 11 is 1.63. The molecule has 0 saturated heterocycles. The van der Waals surface area contributed by atoms with Gasteiger partial charge in [-0.15, -0.1) is 11.8 Å². The first-order valence-corrected chi connectivity index (χ1v) is 10.3. The van der Waals surface area contributed by atoms with Gasteiger partial charge in [0.05, 0.1) is 5.75 Å². The Kier molecular flexibility index (Phi) is 6.75. The first-order chi connectivity index (χ1) is 12.6. The van der Waals surface area contributed by atoms with Crippen LogP contribution in [0, 0.1) is 0 Å². The molecular weight excluding hydrogens is 340 g/mol. The van der Waals surface area contributed by atoms with Crippen molar-refractivity contribution in [2.45, 2.75) is 36.6 Å². The normalized spacial score (nSPS) is 14.3. The molecule has 26 heavy (non-hydrogen) atoms. The number of aryl methyl sites for hydroxylation is 2. The van der Waals surface area contributed by atoms with E-state index in [-0.39, 0.29) is 5.91 Å². The maximum atomic E-state index is 12.3. The molecule has 2 aromatic rings. The van der Waals surface area contributed by atoms with E-state index in [0.29, 0.717) is 18.3 Å². The fourth-order valence-electron chi connectivity index (χ4n) is 3.39. The molecule has 0 saturated carbocycles. The summed E-state index contributed by atoms with van der Waals surface area (Å²) in [6.45, 7) is 0.672. The molecule has 138 valence electrons. The predicted molar refractivity (Wildman–Crippen MR) is 110 cm³/mol. The molecule has 1 aliphatic rings. The molecule has 0 aromatic heterocycles. The van der Waals surface area contributed by atoms with Gasteiger partial charge in [0.1, 0.15) is 0 Å². The van der Waals surface area contributed by atoms with Crippen molar-refractivity contribution >= 4 is 17.7 Å². The van der Waals surface area contributed by atoms with Crippen LogP contribution < -0.4 is 5.32 Å². The number of fused-ring (bicyclic) bond motifs is 1. The van der Waals surface area contributed by atoms with E-state index in [1.807, 2.05) is 6.07 Å². The maximum absolute atomic E-state index is 12.3. The molecule has 4 heteroatoms. The summed E-state index contributed by atoms with van der Waals surface area (Å²) < 4.78 is 0. The molecule has 3 nitrogen and oxygen atoms in total. The molecule has 1 unspecified atom stereocenters. The van der Waals surface area contributed by atoms with Crippen molar-refractivity contribution in [1.82, 2.24) is 10.2 Å². The minimum atomic E-state index is 0.107. The number of nitrogens with one attached hydrogen (secondary N) is 1. The van der Waals surface area contributed by atoms with Crippen molar-refractivity contribution in [1.29, 1.82) is 0 Å². The molecule has 1 atom stereocenters. The van der Waals surface area contributed by atoms with Crippen LogP contribution in [-0.2, 0) is 24.1 Å². The highest BCUT2D eigenvalue weighted by atomic mass is 32.2. The molecule has 0 bridgehead atoms. The number of hydrogen-bond donors (Lipinski definition) is 1. The van der Waals surface area contributed by atoms with Crippen molar-refractivity contribution in [2.24, 2.45) is 0 Å². The van der Waals surface area contributed by atoms with Gasteiger partial charge in [-0.05, 0) is 68.6 Å². The number of amides is 1. The average Bonchev–Trinajstić information content (AvgIpc) is 3.11. The summed E-state index contributed by atoms with van der Waals surface area (Å²) in [6.07, 6.45) is 4.58. The molecule has 0 heterocycles. The number of carbonyl (C=O) groups is 1. The van der Waals surface area contributed by atoms with Crippen molar-refractivity contribution in [3.05, 3.63) is 65.2 Å². The average molecular weight is 369 g/mol. The SMILES string of the molecule is CN(C)C(CNC(=O)CSc1ccc2c(c1)CCC2)Cc1ccccc1. The lowest BCUT2D eigenvalue weighted by Crippen LogP contribution is -2.42. The van der Waals surface area contributed by atoms with Crippen LogP contribution >= 0.6 is 11.8 Å². The molecule has 1 N–H and O–H groups in total. The van der Waals surface area contributed by atoms with Crippen LogP contribution in [0.4, 0.5) is 0 Å². The van der Waals surface area contributed by atoms with Crippen molar-refractivity contribution in [3.63, 3.8) is 0 Å². The van der Waals surface area contributed by atoms with Gasteiger partial charge < -0.3 is 10.2 Å². The van der Waals surface area contributed by atoms with E-state index in [9.17, 15) is 4.79 Å². The van der Waals surface area contributed by atoms with Crippen LogP contribution in [0.3, 0.4) is 0 Å². The lowest BCUT2D eigenvalue weighted by molar-refractivity contribution is -0.118. The van der Waals surface area contributed by atoms with E-state index in [1.165, 1.54) is 40.8 Å². The van der Waals surface area contributed by atoms with Crippen molar-refractivity contribution in [2.75, 3.05) is 26.4 Å². The number of likely N-dealkylation sites (N-methyl/N-ethyl adjacent to an activating group) is 1. The van der Waals surface area contributed by atoms with Crippen LogP contribution in [0.15, 0.2) is 53.4 Å². The number of benzene rings is 2. The third-order valence-electron chi connectivity index (χ3n) is 5.02.